The molecule has 0 saturated heterocycles. The number of para-hydroxylation sites is 2. The summed E-state index contributed by atoms with van der Waals surface area (Å²) in [6, 6.07) is 6.46. The highest BCUT2D eigenvalue weighted by molar-refractivity contribution is 5.79. The van der Waals surface area contributed by atoms with Crippen LogP contribution in [0.2, 0.25) is 0 Å². The van der Waals surface area contributed by atoms with Gasteiger partial charge in [-0.2, -0.15) is 13.2 Å². The molecule has 1 atom stereocenters. The van der Waals surface area contributed by atoms with Crippen LogP contribution in [0.5, 0.6) is 11.5 Å². The Morgan fingerprint density at radius 2 is 1.54 bits per heavy atom. The maximum atomic E-state index is 12.3. The first-order valence-corrected chi connectivity index (χ1v) is 7.32. The topological polar surface area (TPSA) is 61.8 Å². The van der Waals surface area contributed by atoms with Crippen molar-refractivity contribution in [3.05, 3.63) is 24.3 Å². The summed E-state index contributed by atoms with van der Waals surface area (Å²) in [5, 5.41) is 0. The lowest BCUT2D eigenvalue weighted by atomic mass is 10.3. The Kier molecular flexibility index (Phi) is 7.06. The minimum Gasteiger partial charge on any atom is -0.487 e. The molecule has 8 heteroatoms. The maximum absolute atomic E-state index is 12.3. The number of esters is 2. The Hall–Kier alpha value is -2.25. The molecular weight excluding hydrogens is 329 g/mol. The van der Waals surface area contributed by atoms with Gasteiger partial charge in [0.1, 0.15) is 0 Å². The second-order valence-corrected chi connectivity index (χ2v) is 5.26. The zero-order valence-corrected chi connectivity index (χ0v) is 13.6. The van der Waals surface area contributed by atoms with Gasteiger partial charge in [-0.15, -0.1) is 0 Å². The molecule has 0 amide bonds. The highest BCUT2D eigenvalue weighted by atomic mass is 19.4. The van der Waals surface area contributed by atoms with E-state index in [1.807, 2.05) is 0 Å². The Bertz CT molecular complexity index is 569. The number of alkyl halides is 3. The molecule has 1 unspecified atom stereocenters. The average molecular weight is 348 g/mol. The van der Waals surface area contributed by atoms with E-state index in [9.17, 15) is 22.8 Å². The molecule has 1 aromatic rings. The predicted octanol–water partition coefficient (Wildman–Crippen LogP) is 3.65. The van der Waals surface area contributed by atoms with Gasteiger partial charge in [0.2, 0.25) is 0 Å². The lowest BCUT2D eigenvalue weighted by molar-refractivity contribution is -0.216. The molecule has 0 heterocycles. The van der Waals surface area contributed by atoms with Gasteiger partial charge in [0.25, 0.3) is 0 Å². The van der Waals surface area contributed by atoms with Gasteiger partial charge in [-0.1, -0.05) is 12.1 Å². The van der Waals surface area contributed by atoms with Crippen molar-refractivity contribution >= 4 is 11.9 Å². The van der Waals surface area contributed by atoms with Crippen molar-refractivity contribution in [1.82, 2.24) is 0 Å². The van der Waals surface area contributed by atoms with Gasteiger partial charge in [0, 0.05) is 0 Å². The molecule has 0 radical (unpaired) electrons. The Labute approximate surface area is 137 Å². The number of rotatable bonds is 7. The third-order valence-electron chi connectivity index (χ3n) is 2.74. The second kappa shape index (κ2) is 8.56. The molecule has 134 valence electrons. The van der Waals surface area contributed by atoms with Gasteiger partial charge in [0.05, 0.1) is 18.9 Å². The van der Waals surface area contributed by atoms with Crippen molar-refractivity contribution in [2.75, 3.05) is 0 Å². The first-order chi connectivity index (χ1) is 11.1. The molecule has 24 heavy (non-hydrogen) atoms. The highest BCUT2D eigenvalue weighted by Crippen LogP contribution is 2.28. The smallest absolute Gasteiger partial charge is 0.425 e. The summed E-state index contributed by atoms with van der Waals surface area (Å²) in [6.45, 7) is 4.32. The molecule has 0 aromatic heterocycles. The number of hydrogen-bond donors (Lipinski definition) is 0. The fourth-order valence-electron chi connectivity index (χ4n) is 1.59. The van der Waals surface area contributed by atoms with Crippen molar-refractivity contribution in [2.45, 2.75) is 52.0 Å². The highest BCUT2D eigenvalue weighted by Gasteiger charge is 2.39. The van der Waals surface area contributed by atoms with E-state index in [-0.39, 0.29) is 11.9 Å². The van der Waals surface area contributed by atoms with E-state index in [1.54, 1.807) is 32.0 Å². The number of carbonyl (C=O) groups excluding carboxylic acids is 2. The van der Waals surface area contributed by atoms with E-state index in [4.69, 9.17) is 9.47 Å². The first kappa shape index (κ1) is 19.8. The van der Waals surface area contributed by atoms with Crippen LogP contribution in [0.3, 0.4) is 0 Å². The van der Waals surface area contributed by atoms with E-state index in [2.05, 4.69) is 4.74 Å². The lowest BCUT2D eigenvalue weighted by Gasteiger charge is -2.16. The number of carbonyl (C=O) groups is 2. The molecule has 1 rings (SSSR count). The third-order valence-corrected chi connectivity index (χ3v) is 2.74. The van der Waals surface area contributed by atoms with Gasteiger partial charge in [-0.25, -0.2) is 0 Å². The van der Waals surface area contributed by atoms with Gasteiger partial charge in [-0.05, 0) is 32.9 Å². The lowest BCUT2D eigenvalue weighted by Crippen LogP contribution is -2.31. The van der Waals surface area contributed by atoms with E-state index in [1.165, 1.54) is 6.07 Å². The largest absolute Gasteiger partial charge is 0.487 e. The molecule has 0 bridgehead atoms. The standard InChI is InChI=1S/C16H19F3O5/c1-10(2)22-12-6-4-5-7-13(12)24-15(21)9-8-14(20)23-11(3)16(17,18)19/h4-7,10-11H,8-9H2,1-3H3. The van der Waals surface area contributed by atoms with Gasteiger partial charge >= 0.3 is 18.1 Å². The zero-order valence-electron chi connectivity index (χ0n) is 13.6. The zero-order chi connectivity index (χ0) is 18.3. The van der Waals surface area contributed by atoms with Crippen molar-refractivity contribution in [1.29, 1.82) is 0 Å². The van der Waals surface area contributed by atoms with Crippen LogP contribution in [0.25, 0.3) is 0 Å². The van der Waals surface area contributed by atoms with E-state index < -0.39 is 37.1 Å². The summed E-state index contributed by atoms with van der Waals surface area (Å²) in [6.07, 6.45) is -7.90. The third kappa shape index (κ3) is 6.89. The number of halogens is 3. The summed E-state index contributed by atoms with van der Waals surface area (Å²) in [4.78, 5) is 23.0. The molecule has 5 nitrogen and oxygen atoms in total. The SMILES string of the molecule is CC(C)Oc1ccccc1OC(=O)CCC(=O)OC(C)C(F)(F)F. The Morgan fingerprint density at radius 1 is 1.00 bits per heavy atom. The normalized spacial score (nSPS) is 12.6. The van der Waals surface area contributed by atoms with Crippen LogP contribution < -0.4 is 9.47 Å². The van der Waals surface area contributed by atoms with Gasteiger partial charge < -0.3 is 14.2 Å². The van der Waals surface area contributed by atoms with Crippen molar-refractivity contribution < 1.29 is 37.0 Å². The fraction of sp³-hybridized carbons (Fsp3) is 0.500. The number of hydrogen-bond acceptors (Lipinski definition) is 5. The molecule has 0 aliphatic rings. The molecule has 0 spiro atoms. The van der Waals surface area contributed by atoms with Crippen molar-refractivity contribution in [3.63, 3.8) is 0 Å². The van der Waals surface area contributed by atoms with Gasteiger partial charge in [0.15, 0.2) is 17.6 Å². The molecular formula is C16H19F3O5. The summed E-state index contributed by atoms with van der Waals surface area (Å²) in [5.74, 6) is -1.36. The van der Waals surface area contributed by atoms with Crippen LogP contribution >= 0.6 is 0 Å². The summed E-state index contributed by atoms with van der Waals surface area (Å²) >= 11 is 0. The van der Waals surface area contributed by atoms with E-state index >= 15 is 0 Å². The summed E-state index contributed by atoms with van der Waals surface area (Å²) in [7, 11) is 0. The number of benzene rings is 1. The quantitative estimate of drug-likeness (QED) is 0.556. The average Bonchev–Trinajstić information content (AvgIpc) is 2.45. The molecule has 0 fully saturated rings. The second-order valence-electron chi connectivity index (χ2n) is 5.26. The Morgan fingerprint density at radius 3 is 2.08 bits per heavy atom. The molecule has 0 aliphatic heterocycles. The molecule has 0 aliphatic carbocycles. The fourth-order valence-corrected chi connectivity index (χ4v) is 1.59. The summed E-state index contributed by atoms with van der Waals surface area (Å²) in [5.41, 5.74) is 0. The maximum Gasteiger partial charge on any atom is 0.425 e. The van der Waals surface area contributed by atoms with Crippen LogP contribution in [0.4, 0.5) is 13.2 Å². The van der Waals surface area contributed by atoms with Gasteiger partial charge in [-0.3, -0.25) is 9.59 Å². The number of ether oxygens (including phenoxy) is 3. The van der Waals surface area contributed by atoms with Crippen LogP contribution in [-0.4, -0.2) is 30.3 Å². The molecule has 0 N–H and O–H groups in total. The Balaban J connectivity index is 2.51. The van der Waals surface area contributed by atoms with E-state index in [0.29, 0.717) is 5.75 Å². The van der Waals surface area contributed by atoms with Crippen LogP contribution in [0.15, 0.2) is 24.3 Å². The minimum absolute atomic E-state index is 0.135. The van der Waals surface area contributed by atoms with Crippen LogP contribution in [-0.2, 0) is 14.3 Å². The first-order valence-electron chi connectivity index (χ1n) is 7.32. The van der Waals surface area contributed by atoms with Crippen LogP contribution in [0.1, 0.15) is 33.6 Å². The van der Waals surface area contributed by atoms with Crippen molar-refractivity contribution in [3.8, 4) is 11.5 Å². The predicted molar refractivity (Wildman–Crippen MR) is 78.7 cm³/mol. The van der Waals surface area contributed by atoms with Crippen LogP contribution in [0, 0.1) is 0 Å². The summed E-state index contributed by atoms with van der Waals surface area (Å²) < 4.78 is 51.5. The molecule has 0 saturated carbocycles. The molecule has 1 aromatic carbocycles. The monoisotopic (exact) mass is 348 g/mol. The van der Waals surface area contributed by atoms with E-state index in [0.717, 1.165) is 6.92 Å². The van der Waals surface area contributed by atoms with Crippen molar-refractivity contribution in [2.24, 2.45) is 0 Å². The minimum atomic E-state index is -4.64.